The molecule has 22 heavy (non-hydrogen) atoms. The van der Waals surface area contributed by atoms with E-state index in [4.69, 9.17) is 5.10 Å². The fourth-order valence-electron chi connectivity index (χ4n) is 2.86. The summed E-state index contributed by atoms with van der Waals surface area (Å²) >= 11 is 1.76. The van der Waals surface area contributed by atoms with Crippen molar-refractivity contribution in [3.05, 3.63) is 52.4 Å². The lowest BCUT2D eigenvalue weighted by Crippen LogP contribution is -2.05. The maximum Gasteiger partial charge on any atom is 0.133 e. The molecule has 1 N–H and O–H groups in total. The second kappa shape index (κ2) is 5.00. The molecule has 1 aliphatic rings. The highest BCUT2D eigenvalue weighted by Crippen LogP contribution is 2.37. The van der Waals surface area contributed by atoms with Crippen LogP contribution in [0.3, 0.4) is 0 Å². The Morgan fingerprint density at radius 2 is 2.14 bits per heavy atom. The Morgan fingerprint density at radius 1 is 1.27 bits per heavy atom. The molecule has 4 rings (SSSR count). The molecule has 4 nitrogen and oxygen atoms in total. The summed E-state index contributed by atoms with van der Waals surface area (Å²) < 4.78 is 1.88. The maximum atomic E-state index is 9.35. The van der Waals surface area contributed by atoms with Crippen LogP contribution in [0.25, 0.3) is 16.3 Å². The van der Waals surface area contributed by atoms with Gasteiger partial charge in [-0.15, -0.1) is 11.3 Å². The first kappa shape index (κ1) is 13.1. The number of hydrogen-bond acceptors (Lipinski definition) is 4. The third-order valence-electron chi connectivity index (χ3n) is 3.88. The third-order valence-corrected chi connectivity index (χ3v) is 4.88. The van der Waals surface area contributed by atoms with Crippen LogP contribution in [0.5, 0.6) is 0 Å². The lowest BCUT2D eigenvalue weighted by Gasteiger charge is -2.07. The predicted molar refractivity (Wildman–Crippen MR) is 88.5 cm³/mol. The number of para-hydroxylation sites is 1. The number of nitrogens with one attached hydrogen (secondary N) is 1. The van der Waals surface area contributed by atoms with Crippen LogP contribution in [0.15, 0.2) is 36.4 Å². The van der Waals surface area contributed by atoms with Gasteiger partial charge in [-0.25, -0.2) is 4.68 Å². The van der Waals surface area contributed by atoms with Gasteiger partial charge in [-0.2, -0.15) is 10.4 Å². The smallest absolute Gasteiger partial charge is 0.133 e. The normalized spacial score (nSPS) is 12.7. The first-order chi connectivity index (χ1) is 10.8. The van der Waals surface area contributed by atoms with Crippen LogP contribution in [0.4, 0.5) is 5.82 Å². The predicted octanol–water partition coefficient (Wildman–Crippen LogP) is 3.75. The Balaban J connectivity index is 1.94. The lowest BCUT2D eigenvalue weighted by atomic mass is 10.1. The van der Waals surface area contributed by atoms with E-state index in [-0.39, 0.29) is 0 Å². The highest BCUT2D eigenvalue weighted by molar-refractivity contribution is 7.15. The topological polar surface area (TPSA) is 53.6 Å². The SMILES string of the molecule is Cc1ccc(-c2nn(-c3ccccc3C#N)c3c2CCN3)s1. The van der Waals surface area contributed by atoms with Crippen LogP contribution in [-0.2, 0) is 6.42 Å². The van der Waals surface area contributed by atoms with Gasteiger partial charge in [0.15, 0.2) is 0 Å². The highest BCUT2D eigenvalue weighted by atomic mass is 32.1. The molecule has 0 saturated heterocycles. The van der Waals surface area contributed by atoms with E-state index in [1.165, 1.54) is 15.3 Å². The van der Waals surface area contributed by atoms with Crippen molar-refractivity contribution in [1.82, 2.24) is 9.78 Å². The van der Waals surface area contributed by atoms with Crippen molar-refractivity contribution in [3.63, 3.8) is 0 Å². The molecular formula is C17H14N4S. The van der Waals surface area contributed by atoms with Crippen LogP contribution in [0.1, 0.15) is 16.0 Å². The van der Waals surface area contributed by atoms with Gasteiger partial charge in [0.25, 0.3) is 0 Å². The highest BCUT2D eigenvalue weighted by Gasteiger charge is 2.25. The zero-order valence-electron chi connectivity index (χ0n) is 12.1. The van der Waals surface area contributed by atoms with Gasteiger partial charge in [0, 0.05) is 17.0 Å². The number of anilines is 1. The molecule has 0 fully saturated rings. The zero-order valence-corrected chi connectivity index (χ0v) is 12.9. The van der Waals surface area contributed by atoms with E-state index in [0.29, 0.717) is 5.56 Å². The number of aromatic nitrogens is 2. The van der Waals surface area contributed by atoms with Crippen molar-refractivity contribution >= 4 is 17.2 Å². The molecule has 1 aromatic carbocycles. The molecule has 0 unspecified atom stereocenters. The van der Waals surface area contributed by atoms with Crippen molar-refractivity contribution in [2.75, 3.05) is 11.9 Å². The van der Waals surface area contributed by atoms with E-state index in [0.717, 1.165) is 30.2 Å². The van der Waals surface area contributed by atoms with Gasteiger partial charge in [-0.05, 0) is 37.6 Å². The second-order valence-electron chi connectivity index (χ2n) is 5.30. The van der Waals surface area contributed by atoms with Gasteiger partial charge in [0.05, 0.1) is 16.1 Å². The molecule has 0 radical (unpaired) electrons. The number of aryl methyl sites for hydroxylation is 1. The monoisotopic (exact) mass is 306 g/mol. The molecule has 0 aliphatic carbocycles. The Bertz CT molecular complexity index is 898. The fraction of sp³-hybridized carbons (Fsp3) is 0.176. The molecular weight excluding hydrogens is 292 g/mol. The number of fused-ring (bicyclic) bond motifs is 1. The standard InChI is InChI=1S/C17H14N4S/c1-11-6-7-15(22-11)16-13-8-9-19-17(13)21(20-16)14-5-3-2-4-12(14)10-18/h2-7,19H,8-9H2,1H3. The molecule has 0 amide bonds. The molecule has 0 bridgehead atoms. The minimum Gasteiger partial charge on any atom is -0.369 e. The fourth-order valence-corrected chi connectivity index (χ4v) is 3.74. The van der Waals surface area contributed by atoms with Crippen LogP contribution in [0.2, 0.25) is 0 Å². The van der Waals surface area contributed by atoms with E-state index in [1.54, 1.807) is 11.3 Å². The summed E-state index contributed by atoms with van der Waals surface area (Å²) in [6.07, 6.45) is 0.969. The van der Waals surface area contributed by atoms with E-state index >= 15 is 0 Å². The molecule has 3 heterocycles. The maximum absolute atomic E-state index is 9.35. The minimum absolute atomic E-state index is 0.635. The summed E-state index contributed by atoms with van der Waals surface area (Å²) in [5.41, 5.74) is 3.74. The van der Waals surface area contributed by atoms with Crippen molar-refractivity contribution in [3.8, 4) is 22.3 Å². The summed E-state index contributed by atoms with van der Waals surface area (Å²) in [6.45, 7) is 3.02. The molecule has 0 atom stereocenters. The molecule has 1 aliphatic heterocycles. The van der Waals surface area contributed by atoms with Crippen LogP contribution >= 0.6 is 11.3 Å². The van der Waals surface area contributed by atoms with Gasteiger partial charge in [-0.1, -0.05) is 12.1 Å². The van der Waals surface area contributed by atoms with E-state index in [9.17, 15) is 5.26 Å². The van der Waals surface area contributed by atoms with Crippen LogP contribution in [0, 0.1) is 18.3 Å². The van der Waals surface area contributed by atoms with Crippen molar-refractivity contribution in [2.24, 2.45) is 0 Å². The summed E-state index contributed by atoms with van der Waals surface area (Å²) in [5, 5.41) is 17.6. The zero-order chi connectivity index (χ0) is 15.1. The second-order valence-corrected chi connectivity index (χ2v) is 6.59. The van der Waals surface area contributed by atoms with Gasteiger partial charge in [0.2, 0.25) is 0 Å². The number of benzene rings is 1. The van der Waals surface area contributed by atoms with Crippen molar-refractivity contribution in [1.29, 1.82) is 5.26 Å². The average Bonchev–Trinajstić information content (AvgIpc) is 3.23. The first-order valence-electron chi connectivity index (χ1n) is 7.20. The first-order valence-corrected chi connectivity index (χ1v) is 8.01. The molecule has 3 aromatic rings. The van der Waals surface area contributed by atoms with Crippen LogP contribution in [-0.4, -0.2) is 16.3 Å². The van der Waals surface area contributed by atoms with Gasteiger partial charge < -0.3 is 5.32 Å². The lowest BCUT2D eigenvalue weighted by molar-refractivity contribution is 0.880. The molecule has 0 saturated carbocycles. The summed E-state index contributed by atoms with van der Waals surface area (Å²) in [4.78, 5) is 2.47. The quantitative estimate of drug-likeness (QED) is 0.784. The third kappa shape index (κ3) is 1.92. The van der Waals surface area contributed by atoms with Gasteiger partial charge in [-0.3, -0.25) is 0 Å². The van der Waals surface area contributed by atoms with Gasteiger partial charge >= 0.3 is 0 Å². The van der Waals surface area contributed by atoms with Gasteiger partial charge in [0.1, 0.15) is 17.6 Å². The Morgan fingerprint density at radius 3 is 2.91 bits per heavy atom. The largest absolute Gasteiger partial charge is 0.369 e. The molecule has 0 spiro atoms. The molecule has 2 aromatic heterocycles. The summed E-state index contributed by atoms with van der Waals surface area (Å²) in [7, 11) is 0. The summed E-state index contributed by atoms with van der Waals surface area (Å²) in [6, 6.07) is 14.1. The molecule has 108 valence electrons. The number of hydrogen-bond donors (Lipinski definition) is 1. The average molecular weight is 306 g/mol. The van der Waals surface area contributed by atoms with Crippen molar-refractivity contribution in [2.45, 2.75) is 13.3 Å². The van der Waals surface area contributed by atoms with E-state index in [2.05, 4.69) is 30.4 Å². The summed E-state index contributed by atoms with van der Waals surface area (Å²) in [5.74, 6) is 1.02. The van der Waals surface area contributed by atoms with E-state index in [1.807, 2.05) is 28.9 Å². The Kier molecular flexibility index (Phi) is 2.98. The number of nitriles is 1. The Labute approximate surface area is 132 Å². The minimum atomic E-state index is 0.635. The number of nitrogens with zero attached hydrogens (tertiary/aromatic N) is 3. The number of thiophene rings is 1. The number of rotatable bonds is 2. The van der Waals surface area contributed by atoms with E-state index < -0.39 is 0 Å². The van der Waals surface area contributed by atoms with Crippen molar-refractivity contribution < 1.29 is 0 Å². The Hall–Kier alpha value is -2.58. The van der Waals surface area contributed by atoms with Crippen LogP contribution < -0.4 is 5.32 Å². The molecule has 5 heteroatoms.